The van der Waals surface area contributed by atoms with Gasteiger partial charge in [0.05, 0.1) is 0 Å². The van der Waals surface area contributed by atoms with E-state index in [4.69, 9.17) is 0 Å². The summed E-state index contributed by atoms with van der Waals surface area (Å²) in [6, 6.07) is 3.85. The lowest BCUT2D eigenvalue weighted by Crippen LogP contribution is -2.49. The van der Waals surface area contributed by atoms with Crippen molar-refractivity contribution < 1.29 is 13.5 Å². The van der Waals surface area contributed by atoms with E-state index in [0.29, 0.717) is 19.5 Å². The van der Waals surface area contributed by atoms with Gasteiger partial charge in [0.25, 0.3) is 10.2 Å². The zero-order valence-electron chi connectivity index (χ0n) is 11.7. The molecule has 1 aliphatic heterocycles. The van der Waals surface area contributed by atoms with E-state index in [0.717, 1.165) is 12.8 Å². The molecule has 2 N–H and O–H groups in total. The average molecular weight is 318 g/mol. The van der Waals surface area contributed by atoms with Gasteiger partial charge >= 0.3 is 0 Å². The Morgan fingerprint density at radius 3 is 3.05 bits per heavy atom. The summed E-state index contributed by atoms with van der Waals surface area (Å²) in [7, 11) is -3.45. The molecule has 2 atom stereocenters. The number of nitrogens with zero attached hydrogens (tertiary/aromatic N) is 1. The molecule has 7 heteroatoms. The highest BCUT2D eigenvalue weighted by Gasteiger charge is 2.29. The Balaban J connectivity index is 1.92. The summed E-state index contributed by atoms with van der Waals surface area (Å²) in [4.78, 5) is 1.17. The van der Waals surface area contributed by atoms with E-state index in [1.54, 1.807) is 11.3 Å². The van der Waals surface area contributed by atoms with Gasteiger partial charge in [0.2, 0.25) is 0 Å². The van der Waals surface area contributed by atoms with Crippen molar-refractivity contribution in [3.05, 3.63) is 22.4 Å². The van der Waals surface area contributed by atoms with Crippen LogP contribution in [0.4, 0.5) is 0 Å². The molecular weight excluding hydrogens is 296 g/mol. The van der Waals surface area contributed by atoms with Crippen LogP contribution in [0.15, 0.2) is 17.5 Å². The van der Waals surface area contributed by atoms with Crippen LogP contribution in [0.25, 0.3) is 0 Å². The molecular formula is C13H22N2O3S2. The second-order valence-corrected chi connectivity index (χ2v) is 8.09. The molecule has 2 rings (SSSR count). The fraction of sp³-hybridized carbons (Fsp3) is 0.692. The molecule has 0 amide bonds. The smallest absolute Gasteiger partial charge is 0.279 e. The van der Waals surface area contributed by atoms with E-state index in [1.807, 2.05) is 24.4 Å². The van der Waals surface area contributed by atoms with Crippen LogP contribution in [0, 0.1) is 5.92 Å². The minimum atomic E-state index is -3.45. The third-order valence-electron chi connectivity index (χ3n) is 3.52. The molecule has 0 spiro atoms. The van der Waals surface area contributed by atoms with E-state index in [2.05, 4.69) is 4.72 Å². The molecule has 0 bridgehead atoms. The van der Waals surface area contributed by atoms with E-state index in [-0.39, 0.29) is 18.6 Å². The third kappa shape index (κ3) is 4.26. The molecule has 1 saturated heterocycles. The predicted octanol–water partition coefficient (Wildman–Crippen LogP) is 1.22. The fourth-order valence-corrected chi connectivity index (χ4v) is 4.85. The molecule has 0 aliphatic carbocycles. The zero-order chi connectivity index (χ0) is 14.6. The maximum absolute atomic E-state index is 12.3. The van der Waals surface area contributed by atoms with E-state index < -0.39 is 10.2 Å². The van der Waals surface area contributed by atoms with E-state index in [9.17, 15) is 13.5 Å². The van der Waals surface area contributed by atoms with Gasteiger partial charge in [0.15, 0.2) is 0 Å². The minimum absolute atomic E-state index is 0.0524. The van der Waals surface area contributed by atoms with Gasteiger partial charge < -0.3 is 5.11 Å². The number of nitrogens with one attached hydrogen (secondary N) is 1. The second-order valence-electron chi connectivity index (χ2n) is 5.36. The van der Waals surface area contributed by atoms with Crippen LogP contribution in [0.1, 0.15) is 24.6 Å². The number of thiophene rings is 1. The molecule has 0 radical (unpaired) electrons. The summed E-state index contributed by atoms with van der Waals surface area (Å²) in [5.74, 6) is 0.0629. The van der Waals surface area contributed by atoms with Crippen molar-refractivity contribution in [3.63, 3.8) is 0 Å². The quantitative estimate of drug-likeness (QED) is 0.828. The highest BCUT2D eigenvalue weighted by atomic mass is 32.2. The minimum Gasteiger partial charge on any atom is -0.396 e. The van der Waals surface area contributed by atoms with Gasteiger partial charge in [-0.15, -0.1) is 11.3 Å². The molecule has 1 aromatic heterocycles. The summed E-state index contributed by atoms with van der Waals surface area (Å²) >= 11 is 1.64. The Kier molecular flexibility index (Phi) is 5.57. The van der Waals surface area contributed by atoms with Crippen molar-refractivity contribution in [2.24, 2.45) is 5.92 Å². The molecule has 1 aromatic rings. The topological polar surface area (TPSA) is 69.6 Å². The Morgan fingerprint density at radius 2 is 2.40 bits per heavy atom. The molecule has 5 nitrogen and oxygen atoms in total. The number of rotatable bonds is 6. The Bertz CT molecular complexity index is 502. The lowest BCUT2D eigenvalue weighted by molar-refractivity contribution is 0.164. The van der Waals surface area contributed by atoms with Gasteiger partial charge in [-0.1, -0.05) is 6.07 Å². The first kappa shape index (κ1) is 15.9. The number of hydrogen-bond acceptors (Lipinski definition) is 4. The van der Waals surface area contributed by atoms with E-state index >= 15 is 0 Å². The standard InChI is InChI=1S/C13H22N2O3S2/c1-11(8-13-5-3-7-19-13)14-20(17,18)15-6-2-4-12(9-15)10-16/h3,5,7,11-12,14,16H,2,4,6,8-10H2,1H3. The van der Waals surface area contributed by atoms with Gasteiger partial charge in [-0.25, -0.2) is 0 Å². The van der Waals surface area contributed by atoms with Crippen molar-refractivity contribution in [2.45, 2.75) is 32.2 Å². The van der Waals surface area contributed by atoms with Crippen LogP contribution in [-0.4, -0.2) is 43.6 Å². The molecule has 114 valence electrons. The summed E-state index contributed by atoms with van der Waals surface area (Å²) in [6.07, 6.45) is 2.41. The van der Waals surface area contributed by atoms with Crippen LogP contribution in [-0.2, 0) is 16.6 Å². The average Bonchev–Trinajstić information content (AvgIpc) is 2.91. The fourth-order valence-electron chi connectivity index (χ4n) is 2.50. The maximum Gasteiger partial charge on any atom is 0.279 e. The van der Waals surface area contributed by atoms with Crippen molar-refractivity contribution >= 4 is 21.5 Å². The van der Waals surface area contributed by atoms with Gasteiger partial charge in [0.1, 0.15) is 0 Å². The van der Waals surface area contributed by atoms with Crippen LogP contribution in [0.2, 0.25) is 0 Å². The second kappa shape index (κ2) is 7.00. The van der Waals surface area contributed by atoms with E-state index in [1.165, 1.54) is 9.18 Å². The van der Waals surface area contributed by atoms with Crippen LogP contribution in [0.3, 0.4) is 0 Å². The molecule has 20 heavy (non-hydrogen) atoms. The largest absolute Gasteiger partial charge is 0.396 e. The van der Waals surface area contributed by atoms with Crippen LogP contribution >= 0.6 is 11.3 Å². The van der Waals surface area contributed by atoms with Crippen molar-refractivity contribution in [1.82, 2.24) is 9.03 Å². The van der Waals surface area contributed by atoms with Crippen molar-refractivity contribution in [2.75, 3.05) is 19.7 Å². The van der Waals surface area contributed by atoms with Crippen molar-refractivity contribution in [3.8, 4) is 0 Å². The molecule has 0 saturated carbocycles. The summed E-state index contributed by atoms with van der Waals surface area (Å²) < 4.78 is 28.8. The molecule has 2 heterocycles. The Hall–Kier alpha value is -0.470. The van der Waals surface area contributed by atoms with Crippen LogP contribution < -0.4 is 4.72 Å². The van der Waals surface area contributed by atoms with Gasteiger partial charge in [-0.05, 0) is 43.6 Å². The summed E-state index contributed by atoms with van der Waals surface area (Å²) in [6.45, 7) is 2.89. The predicted molar refractivity (Wildman–Crippen MR) is 80.9 cm³/mol. The Labute approximate surface area is 124 Å². The zero-order valence-corrected chi connectivity index (χ0v) is 13.3. The lowest BCUT2D eigenvalue weighted by Gasteiger charge is -2.31. The Morgan fingerprint density at radius 1 is 1.60 bits per heavy atom. The maximum atomic E-state index is 12.3. The lowest BCUT2D eigenvalue weighted by atomic mass is 10.0. The highest BCUT2D eigenvalue weighted by Crippen LogP contribution is 2.18. The number of aliphatic hydroxyl groups is 1. The summed E-state index contributed by atoms with van der Waals surface area (Å²) in [5.41, 5.74) is 0. The number of piperidine rings is 1. The van der Waals surface area contributed by atoms with Gasteiger partial charge in [-0.2, -0.15) is 17.4 Å². The summed E-state index contributed by atoms with van der Waals surface area (Å²) in [5, 5.41) is 11.2. The monoisotopic (exact) mass is 318 g/mol. The molecule has 0 aromatic carbocycles. The van der Waals surface area contributed by atoms with Gasteiger partial charge in [-0.3, -0.25) is 0 Å². The first-order valence-corrected chi connectivity index (χ1v) is 9.24. The number of aliphatic hydroxyl groups excluding tert-OH is 1. The SMILES string of the molecule is CC(Cc1cccs1)NS(=O)(=O)N1CCCC(CO)C1. The first-order chi connectivity index (χ1) is 9.51. The normalized spacial score (nSPS) is 22.8. The number of hydrogen-bond donors (Lipinski definition) is 2. The molecule has 2 unspecified atom stereocenters. The van der Waals surface area contributed by atoms with Crippen molar-refractivity contribution in [1.29, 1.82) is 0 Å². The third-order valence-corrected chi connectivity index (χ3v) is 6.13. The highest BCUT2D eigenvalue weighted by molar-refractivity contribution is 7.87. The molecule has 1 fully saturated rings. The first-order valence-electron chi connectivity index (χ1n) is 6.92. The molecule has 1 aliphatic rings. The van der Waals surface area contributed by atoms with Gasteiger partial charge in [0, 0.05) is 30.6 Å². The van der Waals surface area contributed by atoms with Crippen LogP contribution in [0.5, 0.6) is 0 Å².